The Kier molecular flexibility index (Phi) is 3.85. The molecule has 0 spiro atoms. The van der Waals surface area contributed by atoms with Gasteiger partial charge in [0.25, 0.3) is 0 Å². The van der Waals surface area contributed by atoms with Crippen molar-refractivity contribution in [3.05, 3.63) is 53.2 Å². The SMILES string of the molecule is CC1=CC=CCC(C)=C1C[n+]1ccn([N+](C)(C)C)c1C1CC1. The molecule has 0 saturated heterocycles. The summed E-state index contributed by atoms with van der Waals surface area (Å²) in [6.45, 7) is 5.51. The van der Waals surface area contributed by atoms with E-state index in [1.54, 1.807) is 0 Å². The van der Waals surface area contributed by atoms with Crippen LogP contribution in [0.15, 0.2) is 47.3 Å². The van der Waals surface area contributed by atoms with Crippen LogP contribution in [0.2, 0.25) is 0 Å². The molecule has 0 unspecified atom stereocenters. The van der Waals surface area contributed by atoms with Gasteiger partial charge >= 0.3 is 5.82 Å². The molecular formula is C19H29N3+2. The smallest absolute Gasteiger partial charge is 0.225 e. The van der Waals surface area contributed by atoms with Gasteiger partial charge in [0.15, 0.2) is 6.20 Å². The number of hydrogen-bond acceptors (Lipinski definition) is 0. The van der Waals surface area contributed by atoms with Crippen LogP contribution in [0, 0.1) is 0 Å². The van der Waals surface area contributed by atoms with E-state index in [0.717, 1.165) is 23.5 Å². The minimum atomic E-state index is 0.737. The monoisotopic (exact) mass is 299 g/mol. The van der Waals surface area contributed by atoms with Crippen molar-refractivity contribution < 1.29 is 4.57 Å². The van der Waals surface area contributed by atoms with Crippen LogP contribution in [-0.4, -0.2) is 25.8 Å². The molecule has 22 heavy (non-hydrogen) atoms. The predicted molar refractivity (Wildman–Crippen MR) is 92.1 cm³/mol. The van der Waals surface area contributed by atoms with E-state index >= 15 is 0 Å². The van der Waals surface area contributed by atoms with Gasteiger partial charge in [0, 0.05) is 0 Å². The lowest BCUT2D eigenvalue weighted by Gasteiger charge is -2.20. The zero-order valence-electron chi connectivity index (χ0n) is 14.6. The van der Waals surface area contributed by atoms with Crippen LogP contribution in [0.5, 0.6) is 0 Å². The van der Waals surface area contributed by atoms with Crippen molar-refractivity contribution in [3.8, 4) is 0 Å². The fourth-order valence-corrected chi connectivity index (χ4v) is 3.28. The highest BCUT2D eigenvalue weighted by Crippen LogP contribution is 2.39. The quantitative estimate of drug-likeness (QED) is 0.596. The Balaban J connectivity index is 1.98. The summed E-state index contributed by atoms with van der Waals surface area (Å²) < 4.78 is 5.72. The number of nitrogens with zero attached hydrogens (tertiary/aromatic N) is 3. The lowest BCUT2D eigenvalue weighted by Crippen LogP contribution is -2.50. The molecule has 0 aliphatic heterocycles. The van der Waals surface area contributed by atoms with Gasteiger partial charge in [-0.3, -0.25) is 0 Å². The van der Waals surface area contributed by atoms with Crippen molar-refractivity contribution in [1.29, 1.82) is 0 Å². The van der Waals surface area contributed by atoms with E-state index in [9.17, 15) is 0 Å². The third-order valence-corrected chi connectivity index (χ3v) is 4.73. The molecular weight excluding hydrogens is 270 g/mol. The van der Waals surface area contributed by atoms with E-state index in [2.05, 4.69) is 74.9 Å². The minimum absolute atomic E-state index is 0.737. The maximum absolute atomic E-state index is 2.47. The maximum atomic E-state index is 2.47. The number of quaternary nitrogens is 1. The molecule has 0 bridgehead atoms. The largest absolute Gasteiger partial charge is 0.310 e. The molecule has 1 aromatic rings. The zero-order valence-corrected chi connectivity index (χ0v) is 14.6. The highest BCUT2D eigenvalue weighted by molar-refractivity contribution is 5.38. The summed E-state index contributed by atoms with van der Waals surface area (Å²) in [6, 6.07) is 0. The summed E-state index contributed by atoms with van der Waals surface area (Å²) in [7, 11) is 6.71. The minimum Gasteiger partial charge on any atom is -0.225 e. The normalized spacial score (nSPS) is 19.4. The second kappa shape index (κ2) is 5.54. The van der Waals surface area contributed by atoms with Gasteiger partial charge in [0.2, 0.25) is 0 Å². The predicted octanol–water partition coefficient (Wildman–Crippen LogP) is 3.20. The molecule has 2 aliphatic carbocycles. The van der Waals surface area contributed by atoms with Gasteiger partial charge < -0.3 is 0 Å². The fraction of sp³-hybridized carbons (Fsp3) is 0.526. The number of imidazole rings is 1. The van der Waals surface area contributed by atoms with E-state index in [-0.39, 0.29) is 0 Å². The molecule has 0 aromatic carbocycles. The first-order chi connectivity index (χ1) is 10.4. The van der Waals surface area contributed by atoms with Gasteiger partial charge in [-0.1, -0.05) is 28.5 Å². The molecule has 1 heterocycles. The molecule has 3 nitrogen and oxygen atoms in total. The maximum Gasteiger partial charge on any atom is 0.310 e. The molecule has 0 atom stereocenters. The van der Waals surface area contributed by atoms with Crippen LogP contribution >= 0.6 is 0 Å². The summed E-state index contributed by atoms with van der Waals surface area (Å²) >= 11 is 0. The summed E-state index contributed by atoms with van der Waals surface area (Å²) in [4.78, 5) is 0. The second-order valence-corrected chi connectivity index (χ2v) is 7.59. The third-order valence-electron chi connectivity index (χ3n) is 4.73. The molecule has 1 aromatic heterocycles. The number of rotatable bonds is 4. The lowest BCUT2D eigenvalue weighted by atomic mass is 10.0. The van der Waals surface area contributed by atoms with E-state index in [1.165, 1.54) is 35.4 Å². The first-order valence-electron chi connectivity index (χ1n) is 8.33. The van der Waals surface area contributed by atoms with Gasteiger partial charge in [-0.25, -0.2) is 4.57 Å². The summed E-state index contributed by atoms with van der Waals surface area (Å²) in [5.74, 6) is 2.22. The zero-order chi connectivity index (χ0) is 15.9. The third kappa shape index (κ3) is 2.95. The highest BCUT2D eigenvalue weighted by Gasteiger charge is 2.40. The molecule has 0 radical (unpaired) electrons. The van der Waals surface area contributed by atoms with Crippen molar-refractivity contribution in [1.82, 2.24) is 9.27 Å². The Morgan fingerprint density at radius 2 is 1.95 bits per heavy atom. The van der Waals surface area contributed by atoms with Gasteiger partial charge in [-0.15, -0.1) is 0 Å². The van der Waals surface area contributed by atoms with E-state index in [1.807, 2.05) is 0 Å². The Hall–Kier alpha value is -1.61. The first-order valence-corrected chi connectivity index (χ1v) is 8.33. The van der Waals surface area contributed by atoms with Gasteiger partial charge in [0.05, 0.1) is 5.92 Å². The van der Waals surface area contributed by atoms with Crippen LogP contribution < -0.4 is 9.16 Å². The molecule has 3 heteroatoms. The molecule has 3 rings (SSSR count). The Labute approximate surface area is 134 Å². The Morgan fingerprint density at radius 1 is 1.23 bits per heavy atom. The standard InChI is InChI=1S/C19H29N3/c1-15-8-6-7-9-16(2)18(15)14-20-12-13-21(22(3,4)5)19(20)17-10-11-17/h6-8,12-13,17H,9-11,14H2,1-5H3/q+2. The molecule has 2 aliphatic rings. The fourth-order valence-electron chi connectivity index (χ4n) is 3.28. The van der Waals surface area contributed by atoms with Crippen molar-refractivity contribution in [2.75, 3.05) is 21.1 Å². The van der Waals surface area contributed by atoms with E-state index < -0.39 is 0 Å². The lowest BCUT2D eigenvalue weighted by molar-refractivity contribution is -0.696. The van der Waals surface area contributed by atoms with Crippen LogP contribution in [0.4, 0.5) is 0 Å². The summed E-state index contributed by atoms with van der Waals surface area (Å²) in [5.41, 5.74) is 4.39. The van der Waals surface area contributed by atoms with Crippen molar-refractivity contribution in [2.24, 2.45) is 0 Å². The number of allylic oxidation sites excluding steroid dienone is 6. The van der Waals surface area contributed by atoms with Gasteiger partial charge in [-0.05, 0) is 44.3 Å². The highest BCUT2D eigenvalue weighted by atomic mass is 15.7. The summed E-state index contributed by atoms with van der Waals surface area (Å²) in [5, 5.41) is 0. The average molecular weight is 299 g/mol. The Morgan fingerprint density at radius 3 is 2.59 bits per heavy atom. The topological polar surface area (TPSA) is 8.81 Å². The van der Waals surface area contributed by atoms with Crippen LogP contribution in [0.25, 0.3) is 0 Å². The number of hydrogen-bond donors (Lipinski definition) is 0. The molecule has 0 N–H and O–H groups in total. The van der Waals surface area contributed by atoms with Gasteiger partial charge in [-0.2, -0.15) is 4.59 Å². The molecule has 1 saturated carbocycles. The molecule has 1 fully saturated rings. The first kappa shape index (κ1) is 15.3. The van der Waals surface area contributed by atoms with Crippen molar-refractivity contribution in [2.45, 2.75) is 45.6 Å². The van der Waals surface area contributed by atoms with Crippen LogP contribution in [0.3, 0.4) is 0 Å². The molecule has 0 amide bonds. The second-order valence-electron chi connectivity index (χ2n) is 7.59. The number of aromatic nitrogens is 2. The van der Waals surface area contributed by atoms with Gasteiger partial charge in [0.1, 0.15) is 33.9 Å². The van der Waals surface area contributed by atoms with E-state index in [0.29, 0.717) is 0 Å². The summed E-state index contributed by atoms with van der Waals surface area (Å²) in [6.07, 6.45) is 14.9. The van der Waals surface area contributed by atoms with Crippen molar-refractivity contribution >= 4 is 0 Å². The van der Waals surface area contributed by atoms with Crippen LogP contribution in [0.1, 0.15) is 44.9 Å². The molecule has 118 valence electrons. The van der Waals surface area contributed by atoms with E-state index in [4.69, 9.17) is 0 Å². The van der Waals surface area contributed by atoms with Crippen molar-refractivity contribution in [3.63, 3.8) is 0 Å². The van der Waals surface area contributed by atoms with Crippen LogP contribution in [-0.2, 0) is 6.54 Å². The Bertz CT molecular complexity index is 661. The average Bonchev–Trinajstić information content (AvgIpc) is 3.20.